The van der Waals surface area contributed by atoms with Gasteiger partial charge < -0.3 is 20.7 Å². The highest BCUT2D eigenvalue weighted by Crippen LogP contribution is 2.32. The molecular weight excluding hydrogens is 390 g/mol. The molecule has 2 aromatic carbocycles. The van der Waals surface area contributed by atoms with Crippen molar-refractivity contribution in [1.82, 2.24) is 16.0 Å². The first-order chi connectivity index (χ1) is 15.1. The number of benzene rings is 2. The van der Waals surface area contributed by atoms with Crippen molar-refractivity contribution in [3.05, 3.63) is 65.2 Å². The number of amides is 3. The zero-order chi connectivity index (χ0) is 21.6. The van der Waals surface area contributed by atoms with E-state index in [9.17, 15) is 9.59 Å². The summed E-state index contributed by atoms with van der Waals surface area (Å²) in [6.45, 7) is 0.469. The molecule has 0 aliphatic heterocycles. The molecule has 3 amide bonds. The van der Waals surface area contributed by atoms with Crippen LogP contribution in [0.4, 0.5) is 4.79 Å². The number of urea groups is 1. The van der Waals surface area contributed by atoms with Crippen molar-refractivity contribution in [2.24, 2.45) is 5.92 Å². The lowest BCUT2D eigenvalue weighted by Gasteiger charge is -2.29. The zero-order valence-corrected chi connectivity index (χ0v) is 18.0. The highest BCUT2D eigenvalue weighted by atomic mass is 16.5. The topological polar surface area (TPSA) is 79.5 Å². The third-order valence-electron chi connectivity index (χ3n) is 6.49. The average Bonchev–Trinajstić information content (AvgIpc) is 3.21. The Morgan fingerprint density at radius 2 is 1.68 bits per heavy atom. The summed E-state index contributed by atoms with van der Waals surface area (Å²) >= 11 is 0. The standard InChI is InChI=1S/C25H31N3O3/c1-31-21-13-6-17(7-14-21)16-26-25(30)27-20-11-8-19(9-12-20)24(29)28-23-15-10-18-4-2-3-5-22(18)23/h2-7,13-14,19-20,23H,8-12,15-16H2,1H3,(H,28,29)(H2,26,27,30)/t19?,20?,23-/m1/s1. The summed E-state index contributed by atoms with van der Waals surface area (Å²) in [5.41, 5.74) is 3.63. The molecule has 1 fully saturated rings. The van der Waals surface area contributed by atoms with Crippen LogP contribution >= 0.6 is 0 Å². The molecule has 31 heavy (non-hydrogen) atoms. The van der Waals surface area contributed by atoms with Gasteiger partial charge in [-0.25, -0.2) is 4.79 Å². The fraction of sp³-hybridized carbons (Fsp3) is 0.440. The largest absolute Gasteiger partial charge is 0.497 e. The van der Waals surface area contributed by atoms with Crippen LogP contribution in [0.2, 0.25) is 0 Å². The van der Waals surface area contributed by atoms with E-state index < -0.39 is 0 Å². The van der Waals surface area contributed by atoms with E-state index in [0.717, 1.165) is 49.8 Å². The molecule has 0 radical (unpaired) electrons. The lowest BCUT2D eigenvalue weighted by Crippen LogP contribution is -2.45. The third-order valence-corrected chi connectivity index (χ3v) is 6.49. The summed E-state index contributed by atoms with van der Waals surface area (Å²) in [7, 11) is 1.63. The van der Waals surface area contributed by atoms with Crippen molar-refractivity contribution >= 4 is 11.9 Å². The zero-order valence-electron chi connectivity index (χ0n) is 18.0. The first-order valence-corrected chi connectivity index (χ1v) is 11.2. The highest BCUT2D eigenvalue weighted by Gasteiger charge is 2.30. The van der Waals surface area contributed by atoms with Gasteiger partial charge >= 0.3 is 6.03 Å². The number of hydrogen-bond donors (Lipinski definition) is 3. The Morgan fingerprint density at radius 3 is 2.42 bits per heavy atom. The van der Waals surface area contributed by atoms with Gasteiger partial charge in [-0.15, -0.1) is 0 Å². The van der Waals surface area contributed by atoms with Crippen molar-refractivity contribution < 1.29 is 14.3 Å². The molecule has 1 saturated carbocycles. The molecule has 2 aliphatic rings. The van der Waals surface area contributed by atoms with Crippen LogP contribution in [-0.4, -0.2) is 25.1 Å². The van der Waals surface area contributed by atoms with Gasteiger partial charge in [0.05, 0.1) is 13.2 Å². The predicted octanol–water partition coefficient (Wildman–Crippen LogP) is 3.86. The maximum absolute atomic E-state index is 12.8. The van der Waals surface area contributed by atoms with Crippen LogP contribution in [0, 0.1) is 5.92 Å². The second kappa shape index (κ2) is 9.86. The Morgan fingerprint density at radius 1 is 0.935 bits per heavy atom. The number of carbonyl (C=O) groups is 2. The SMILES string of the molecule is COc1ccc(CNC(=O)NC2CCC(C(=O)N[C@@H]3CCc4ccccc43)CC2)cc1. The van der Waals surface area contributed by atoms with Gasteiger partial charge in [0.15, 0.2) is 0 Å². The third kappa shape index (κ3) is 5.37. The molecular formula is C25H31N3O3. The smallest absolute Gasteiger partial charge is 0.315 e. The number of rotatable bonds is 6. The summed E-state index contributed by atoms with van der Waals surface area (Å²) in [6, 6.07) is 16.1. The fourth-order valence-corrected chi connectivity index (χ4v) is 4.66. The van der Waals surface area contributed by atoms with Gasteiger partial charge in [-0.05, 0) is 67.3 Å². The number of methoxy groups -OCH3 is 1. The molecule has 0 saturated heterocycles. The van der Waals surface area contributed by atoms with Crippen molar-refractivity contribution in [2.75, 3.05) is 7.11 Å². The van der Waals surface area contributed by atoms with E-state index in [-0.39, 0.29) is 29.9 Å². The Hall–Kier alpha value is -3.02. The quantitative estimate of drug-likeness (QED) is 0.663. The molecule has 2 aromatic rings. The normalized spacial score (nSPS) is 22.3. The summed E-state index contributed by atoms with van der Waals surface area (Å²) in [5, 5.41) is 9.22. The van der Waals surface area contributed by atoms with Crippen molar-refractivity contribution in [2.45, 2.75) is 57.2 Å². The Labute approximate surface area is 183 Å². The van der Waals surface area contributed by atoms with Crippen molar-refractivity contribution in [3.63, 3.8) is 0 Å². The van der Waals surface area contributed by atoms with Crippen molar-refractivity contribution in [3.8, 4) is 5.75 Å². The van der Waals surface area contributed by atoms with E-state index in [2.05, 4.69) is 34.1 Å². The van der Waals surface area contributed by atoms with Crippen LogP contribution in [0.25, 0.3) is 0 Å². The van der Waals surface area contributed by atoms with E-state index >= 15 is 0 Å². The molecule has 0 heterocycles. The van der Waals surface area contributed by atoms with Crippen LogP contribution in [0.3, 0.4) is 0 Å². The van der Waals surface area contributed by atoms with Gasteiger partial charge in [-0.3, -0.25) is 4.79 Å². The highest BCUT2D eigenvalue weighted by molar-refractivity contribution is 5.79. The van der Waals surface area contributed by atoms with Crippen LogP contribution in [0.1, 0.15) is 54.8 Å². The van der Waals surface area contributed by atoms with E-state index in [1.807, 2.05) is 30.3 Å². The fourth-order valence-electron chi connectivity index (χ4n) is 4.66. The first-order valence-electron chi connectivity index (χ1n) is 11.2. The Kier molecular flexibility index (Phi) is 6.75. The van der Waals surface area contributed by atoms with Crippen LogP contribution in [0.15, 0.2) is 48.5 Å². The van der Waals surface area contributed by atoms with Crippen molar-refractivity contribution in [1.29, 1.82) is 0 Å². The van der Waals surface area contributed by atoms with Gasteiger partial charge in [0.25, 0.3) is 0 Å². The molecule has 3 N–H and O–H groups in total. The number of aryl methyl sites for hydroxylation is 1. The van der Waals surface area contributed by atoms with Gasteiger partial charge in [-0.2, -0.15) is 0 Å². The molecule has 0 aromatic heterocycles. The first kappa shape index (κ1) is 21.2. The number of hydrogen-bond acceptors (Lipinski definition) is 3. The maximum atomic E-state index is 12.8. The number of fused-ring (bicyclic) bond motifs is 1. The number of nitrogens with one attached hydrogen (secondary N) is 3. The molecule has 6 heteroatoms. The molecule has 0 spiro atoms. The molecule has 1 atom stereocenters. The summed E-state index contributed by atoms with van der Waals surface area (Å²) in [5.74, 6) is 0.989. The van der Waals surface area contributed by atoms with Crippen LogP contribution in [0.5, 0.6) is 5.75 Å². The van der Waals surface area contributed by atoms with E-state index in [1.165, 1.54) is 11.1 Å². The molecule has 2 aliphatic carbocycles. The van der Waals surface area contributed by atoms with Gasteiger partial charge in [0.2, 0.25) is 5.91 Å². The average molecular weight is 422 g/mol. The van der Waals surface area contributed by atoms with E-state index in [4.69, 9.17) is 4.74 Å². The maximum Gasteiger partial charge on any atom is 0.315 e. The molecule has 0 unspecified atom stereocenters. The number of carbonyl (C=O) groups excluding carboxylic acids is 2. The minimum atomic E-state index is -0.161. The second-order valence-corrected chi connectivity index (χ2v) is 8.52. The molecule has 0 bridgehead atoms. The van der Waals surface area contributed by atoms with Gasteiger partial charge in [-0.1, -0.05) is 36.4 Å². The molecule has 164 valence electrons. The summed E-state index contributed by atoms with van der Waals surface area (Å²) < 4.78 is 5.15. The lowest BCUT2D eigenvalue weighted by atomic mass is 9.85. The van der Waals surface area contributed by atoms with E-state index in [1.54, 1.807) is 7.11 Å². The van der Waals surface area contributed by atoms with Crippen LogP contribution < -0.4 is 20.7 Å². The Bertz CT molecular complexity index is 904. The summed E-state index contributed by atoms with van der Waals surface area (Å²) in [6.07, 6.45) is 5.29. The lowest BCUT2D eigenvalue weighted by molar-refractivity contribution is -0.126. The molecule has 6 nitrogen and oxygen atoms in total. The Balaban J connectivity index is 1.18. The second-order valence-electron chi connectivity index (χ2n) is 8.52. The minimum absolute atomic E-state index is 0.0353. The van der Waals surface area contributed by atoms with Gasteiger partial charge in [0, 0.05) is 18.5 Å². The predicted molar refractivity (Wildman–Crippen MR) is 120 cm³/mol. The van der Waals surface area contributed by atoms with Gasteiger partial charge in [0.1, 0.15) is 5.75 Å². The van der Waals surface area contributed by atoms with E-state index in [0.29, 0.717) is 6.54 Å². The molecule has 4 rings (SSSR count). The van der Waals surface area contributed by atoms with Crippen LogP contribution in [-0.2, 0) is 17.8 Å². The minimum Gasteiger partial charge on any atom is -0.497 e. The number of ether oxygens (including phenoxy) is 1. The monoisotopic (exact) mass is 421 g/mol. The summed E-state index contributed by atoms with van der Waals surface area (Å²) in [4.78, 5) is 25.0.